The number of rotatable bonds is 9. The van der Waals surface area contributed by atoms with Crippen LogP contribution in [-0.4, -0.2) is 37.3 Å². The van der Waals surface area contributed by atoms with Gasteiger partial charge in [-0.1, -0.05) is 48.5 Å². The van der Waals surface area contributed by atoms with Crippen molar-refractivity contribution in [1.29, 1.82) is 0 Å². The third-order valence-corrected chi connectivity index (χ3v) is 5.26. The van der Waals surface area contributed by atoms with Crippen molar-refractivity contribution in [2.45, 2.75) is 37.0 Å². The van der Waals surface area contributed by atoms with E-state index in [-0.39, 0.29) is 25.6 Å². The molecule has 0 radical (unpaired) electrons. The molecular formula is C21H28N2O2S. The maximum Gasteiger partial charge on any atom is 0.239 e. The number of benzene rings is 2. The first kappa shape index (κ1) is 20.3. The van der Waals surface area contributed by atoms with E-state index in [1.807, 2.05) is 12.1 Å². The van der Waals surface area contributed by atoms with E-state index < -0.39 is 0 Å². The highest BCUT2D eigenvalue weighted by Gasteiger charge is 2.15. The second-order valence-electron chi connectivity index (χ2n) is 6.33. The summed E-state index contributed by atoms with van der Waals surface area (Å²) in [6.45, 7) is 7.68. The summed E-state index contributed by atoms with van der Waals surface area (Å²) < 4.78 is 0. The molecule has 0 saturated carbocycles. The molecule has 140 valence electrons. The Bertz CT molecular complexity index is 734. The van der Waals surface area contributed by atoms with Crippen LogP contribution < -0.4 is 10.2 Å². The molecular weight excluding hydrogens is 344 g/mol. The lowest BCUT2D eigenvalue weighted by Crippen LogP contribution is -2.39. The zero-order valence-corrected chi connectivity index (χ0v) is 16.6. The Morgan fingerprint density at radius 2 is 1.92 bits per heavy atom. The zero-order chi connectivity index (χ0) is 18.9. The molecule has 0 unspecified atom stereocenters. The first-order valence-corrected chi connectivity index (χ1v) is 9.83. The fraction of sp³-hybridized carbons (Fsp3) is 0.381. The van der Waals surface area contributed by atoms with Crippen LogP contribution in [0.15, 0.2) is 52.3 Å². The third-order valence-electron chi connectivity index (χ3n) is 4.02. The van der Waals surface area contributed by atoms with E-state index in [0.717, 1.165) is 23.5 Å². The standard InChI is InChI=1S/C21H28N2O2S/c1-4-12-23(15-21(25)22-11-13-24)18-7-5-6-8-20(18)26-19-10-9-16(2)14-17(19)3/h5-10,14,24H,4,11-13,15H2,1-3H3,(H,22,25). The molecule has 0 fully saturated rings. The van der Waals surface area contributed by atoms with Gasteiger partial charge < -0.3 is 15.3 Å². The number of aliphatic hydroxyl groups excluding tert-OH is 1. The Kier molecular flexibility index (Phi) is 8.01. The topological polar surface area (TPSA) is 52.6 Å². The van der Waals surface area contributed by atoms with Gasteiger partial charge in [0.15, 0.2) is 0 Å². The Hall–Kier alpha value is -1.98. The molecule has 0 aromatic heterocycles. The summed E-state index contributed by atoms with van der Waals surface area (Å²) in [5, 5.41) is 11.6. The van der Waals surface area contributed by atoms with Crippen molar-refractivity contribution in [3.05, 3.63) is 53.6 Å². The molecule has 0 atom stereocenters. The lowest BCUT2D eigenvalue weighted by molar-refractivity contribution is -0.119. The predicted octanol–water partition coefficient (Wildman–Crippen LogP) is 3.78. The van der Waals surface area contributed by atoms with Crippen LogP contribution in [0.4, 0.5) is 5.69 Å². The SMILES string of the molecule is CCCN(CC(=O)NCCO)c1ccccc1Sc1ccc(C)cc1C. The molecule has 0 aliphatic heterocycles. The van der Waals surface area contributed by atoms with Gasteiger partial charge in [-0.05, 0) is 44.0 Å². The van der Waals surface area contributed by atoms with Gasteiger partial charge in [-0.3, -0.25) is 4.79 Å². The molecule has 26 heavy (non-hydrogen) atoms. The number of carbonyl (C=O) groups excluding carboxylic acids is 1. The maximum absolute atomic E-state index is 12.2. The highest BCUT2D eigenvalue weighted by Crippen LogP contribution is 2.37. The lowest BCUT2D eigenvalue weighted by atomic mass is 10.2. The van der Waals surface area contributed by atoms with Crippen molar-refractivity contribution < 1.29 is 9.90 Å². The normalized spacial score (nSPS) is 10.6. The predicted molar refractivity (Wildman–Crippen MR) is 109 cm³/mol. The van der Waals surface area contributed by atoms with Gasteiger partial charge in [0.1, 0.15) is 0 Å². The van der Waals surface area contributed by atoms with Gasteiger partial charge in [0.05, 0.1) is 18.8 Å². The molecule has 1 amide bonds. The monoisotopic (exact) mass is 372 g/mol. The van der Waals surface area contributed by atoms with Crippen LogP contribution in [0.2, 0.25) is 0 Å². The molecule has 4 nitrogen and oxygen atoms in total. The number of aryl methyl sites for hydroxylation is 2. The van der Waals surface area contributed by atoms with Crippen LogP contribution in [0, 0.1) is 13.8 Å². The second kappa shape index (κ2) is 10.2. The zero-order valence-electron chi connectivity index (χ0n) is 15.8. The van der Waals surface area contributed by atoms with Gasteiger partial charge in [0.25, 0.3) is 0 Å². The van der Waals surface area contributed by atoms with Crippen LogP contribution >= 0.6 is 11.8 Å². The Morgan fingerprint density at radius 3 is 2.62 bits per heavy atom. The summed E-state index contributed by atoms with van der Waals surface area (Å²) in [5.41, 5.74) is 3.58. The van der Waals surface area contributed by atoms with E-state index in [9.17, 15) is 4.79 Å². The molecule has 2 aromatic rings. The van der Waals surface area contributed by atoms with Crippen molar-refractivity contribution in [2.24, 2.45) is 0 Å². The number of aliphatic hydroxyl groups is 1. The van der Waals surface area contributed by atoms with Crippen molar-refractivity contribution in [3.8, 4) is 0 Å². The average molecular weight is 373 g/mol. The highest BCUT2D eigenvalue weighted by atomic mass is 32.2. The number of nitrogens with one attached hydrogen (secondary N) is 1. The van der Waals surface area contributed by atoms with Crippen molar-refractivity contribution >= 4 is 23.4 Å². The lowest BCUT2D eigenvalue weighted by Gasteiger charge is -2.26. The van der Waals surface area contributed by atoms with Gasteiger partial charge in [-0.25, -0.2) is 0 Å². The van der Waals surface area contributed by atoms with E-state index in [1.165, 1.54) is 16.0 Å². The van der Waals surface area contributed by atoms with Gasteiger partial charge in [-0.15, -0.1) is 0 Å². The number of hydrogen-bond acceptors (Lipinski definition) is 4. The van der Waals surface area contributed by atoms with Crippen molar-refractivity contribution in [1.82, 2.24) is 5.32 Å². The number of nitrogens with zero attached hydrogens (tertiary/aromatic N) is 1. The minimum Gasteiger partial charge on any atom is -0.395 e. The van der Waals surface area contributed by atoms with Gasteiger partial charge in [0.2, 0.25) is 5.91 Å². The first-order chi connectivity index (χ1) is 12.5. The summed E-state index contributed by atoms with van der Waals surface area (Å²) in [6, 6.07) is 14.7. The molecule has 2 N–H and O–H groups in total. The van der Waals surface area contributed by atoms with Crippen LogP contribution in [0.25, 0.3) is 0 Å². The van der Waals surface area contributed by atoms with E-state index in [1.54, 1.807) is 11.8 Å². The van der Waals surface area contributed by atoms with Crippen LogP contribution in [0.1, 0.15) is 24.5 Å². The first-order valence-electron chi connectivity index (χ1n) is 9.01. The molecule has 0 aliphatic carbocycles. The summed E-state index contributed by atoms with van der Waals surface area (Å²) in [6.07, 6.45) is 0.954. The molecule has 0 spiro atoms. The summed E-state index contributed by atoms with van der Waals surface area (Å²) in [4.78, 5) is 16.6. The largest absolute Gasteiger partial charge is 0.395 e. The minimum absolute atomic E-state index is 0.0430. The average Bonchev–Trinajstić information content (AvgIpc) is 2.62. The van der Waals surface area contributed by atoms with E-state index in [0.29, 0.717) is 0 Å². The van der Waals surface area contributed by atoms with Crippen molar-refractivity contribution in [2.75, 3.05) is 31.1 Å². The van der Waals surface area contributed by atoms with E-state index in [2.05, 4.69) is 61.3 Å². The summed E-state index contributed by atoms with van der Waals surface area (Å²) in [7, 11) is 0. The van der Waals surface area contributed by atoms with Crippen LogP contribution in [-0.2, 0) is 4.79 Å². The van der Waals surface area contributed by atoms with E-state index in [4.69, 9.17) is 5.11 Å². The Labute approximate surface area is 160 Å². The van der Waals surface area contributed by atoms with Crippen LogP contribution in [0.5, 0.6) is 0 Å². The summed E-state index contributed by atoms with van der Waals surface area (Å²) >= 11 is 1.74. The molecule has 0 aliphatic rings. The van der Waals surface area contributed by atoms with E-state index >= 15 is 0 Å². The molecule has 2 aromatic carbocycles. The number of amides is 1. The maximum atomic E-state index is 12.2. The Morgan fingerprint density at radius 1 is 1.15 bits per heavy atom. The summed E-state index contributed by atoms with van der Waals surface area (Å²) in [5.74, 6) is -0.0705. The number of anilines is 1. The fourth-order valence-electron chi connectivity index (χ4n) is 2.82. The number of para-hydroxylation sites is 1. The molecule has 0 heterocycles. The minimum atomic E-state index is -0.0705. The molecule has 2 rings (SSSR count). The van der Waals surface area contributed by atoms with Gasteiger partial charge >= 0.3 is 0 Å². The van der Waals surface area contributed by atoms with Gasteiger partial charge in [-0.2, -0.15) is 0 Å². The number of hydrogen-bond donors (Lipinski definition) is 2. The van der Waals surface area contributed by atoms with Crippen molar-refractivity contribution in [3.63, 3.8) is 0 Å². The molecule has 0 bridgehead atoms. The molecule has 0 saturated heterocycles. The smallest absolute Gasteiger partial charge is 0.239 e. The third kappa shape index (κ3) is 5.78. The quantitative estimate of drug-likeness (QED) is 0.703. The fourth-order valence-corrected chi connectivity index (χ4v) is 3.86. The van der Waals surface area contributed by atoms with Crippen LogP contribution in [0.3, 0.4) is 0 Å². The molecule has 5 heteroatoms. The second-order valence-corrected chi connectivity index (χ2v) is 7.42. The van der Waals surface area contributed by atoms with Gasteiger partial charge in [0, 0.05) is 22.9 Å². The Balaban J connectivity index is 2.24. The number of carbonyl (C=O) groups is 1. The highest BCUT2D eigenvalue weighted by molar-refractivity contribution is 7.99.